The third kappa shape index (κ3) is 3.58. The lowest BCUT2D eigenvalue weighted by Gasteiger charge is -2.17. The van der Waals surface area contributed by atoms with Crippen LogP contribution in [0.15, 0.2) is 12.1 Å². The van der Waals surface area contributed by atoms with Crippen molar-refractivity contribution in [1.82, 2.24) is 0 Å². The Morgan fingerprint density at radius 1 is 1.50 bits per heavy atom. The van der Waals surface area contributed by atoms with E-state index in [9.17, 15) is 15.2 Å². The fraction of sp³-hybridized carbons (Fsp3) is 0.500. The summed E-state index contributed by atoms with van der Waals surface area (Å²) in [4.78, 5) is 10.2. The van der Waals surface area contributed by atoms with Gasteiger partial charge >= 0.3 is 0 Å². The number of nitro groups is 1. The van der Waals surface area contributed by atoms with Gasteiger partial charge in [0.05, 0.1) is 11.0 Å². The zero-order chi connectivity index (χ0) is 13.9. The maximum absolute atomic E-state index is 10.7. The highest BCUT2D eigenvalue weighted by atomic mass is 35.5. The summed E-state index contributed by atoms with van der Waals surface area (Å²) in [5.74, 6) is 0.145. The Morgan fingerprint density at radius 3 is 2.61 bits per heavy atom. The van der Waals surface area contributed by atoms with Crippen molar-refractivity contribution >= 4 is 23.0 Å². The van der Waals surface area contributed by atoms with Crippen molar-refractivity contribution in [2.45, 2.75) is 26.9 Å². The van der Waals surface area contributed by atoms with E-state index in [1.165, 1.54) is 12.1 Å². The smallest absolute Gasteiger partial charge is 0.288 e. The predicted molar refractivity (Wildman–Crippen MR) is 72.2 cm³/mol. The molecule has 18 heavy (non-hydrogen) atoms. The van der Waals surface area contributed by atoms with Crippen LogP contribution in [0.4, 0.5) is 11.4 Å². The summed E-state index contributed by atoms with van der Waals surface area (Å²) in [5.41, 5.74) is 1.32. The van der Waals surface area contributed by atoms with Crippen LogP contribution >= 0.6 is 11.6 Å². The van der Waals surface area contributed by atoms with E-state index in [-0.39, 0.29) is 16.6 Å². The Balaban J connectivity index is 2.85. The lowest BCUT2D eigenvalue weighted by molar-refractivity contribution is -0.384. The van der Waals surface area contributed by atoms with E-state index in [2.05, 4.69) is 5.32 Å². The second-order valence-corrected chi connectivity index (χ2v) is 4.98. The van der Waals surface area contributed by atoms with E-state index in [1.807, 2.05) is 13.8 Å². The summed E-state index contributed by atoms with van der Waals surface area (Å²) in [6.07, 6.45) is -0.474. The van der Waals surface area contributed by atoms with E-state index in [0.717, 1.165) is 5.56 Å². The van der Waals surface area contributed by atoms with Crippen LogP contribution in [-0.2, 0) is 0 Å². The molecule has 1 aromatic carbocycles. The van der Waals surface area contributed by atoms with Crippen molar-refractivity contribution in [3.8, 4) is 0 Å². The Bertz CT molecular complexity index is 449. The molecule has 1 atom stereocenters. The van der Waals surface area contributed by atoms with E-state index in [4.69, 9.17) is 11.6 Å². The number of nitro benzene ring substituents is 1. The molecular weight excluding hydrogens is 256 g/mol. The number of hydrogen-bond acceptors (Lipinski definition) is 4. The van der Waals surface area contributed by atoms with Crippen molar-refractivity contribution < 1.29 is 10.0 Å². The Hall–Kier alpha value is -1.33. The van der Waals surface area contributed by atoms with Crippen LogP contribution in [0.1, 0.15) is 19.4 Å². The number of anilines is 1. The number of halogens is 1. The van der Waals surface area contributed by atoms with Crippen LogP contribution in [0.25, 0.3) is 0 Å². The molecular formula is C12H17ClN2O3. The van der Waals surface area contributed by atoms with Gasteiger partial charge in [-0.25, -0.2) is 0 Å². The molecule has 0 fully saturated rings. The summed E-state index contributed by atoms with van der Waals surface area (Å²) in [5, 5.41) is 23.5. The van der Waals surface area contributed by atoms with Gasteiger partial charge in [-0.1, -0.05) is 25.4 Å². The fourth-order valence-electron chi connectivity index (χ4n) is 1.45. The number of hydrogen-bond donors (Lipinski definition) is 2. The van der Waals surface area contributed by atoms with Gasteiger partial charge in [0.25, 0.3) is 5.69 Å². The number of rotatable bonds is 5. The van der Waals surface area contributed by atoms with Gasteiger partial charge in [0, 0.05) is 18.3 Å². The summed E-state index contributed by atoms with van der Waals surface area (Å²) in [6, 6.07) is 2.94. The van der Waals surface area contributed by atoms with Gasteiger partial charge in [-0.15, -0.1) is 0 Å². The summed E-state index contributed by atoms with van der Waals surface area (Å²) < 4.78 is 0. The number of nitrogens with zero attached hydrogens (tertiary/aromatic N) is 1. The average Bonchev–Trinajstić information content (AvgIpc) is 2.28. The molecule has 1 aromatic rings. The van der Waals surface area contributed by atoms with Crippen LogP contribution in [0, 0.1) is 23.0 Å². The van der Waals surface area contributed by atoms with Gasteiger partial charge in [-0.3, -0.25) is 10.1 Å². The van der Waals surface area contributed by atoms with E-state index in [0.29, 0.717) is 12.2 Å². The third-order valence-corrected chi connectivity index (χ3v) is 3.06. The first kappa shape index (κ1) is 14.7. The Labute approximate surface area is 111 Å². The van der Waals surface area contributed by atoms with Crippen LogP contribution in [0.3, 0.4) is 0 Å². The minimum Gasteiger partial charge on any atom is -0.391 e. The highest BCUT2D eigenvalue weighted by Gasteiger charge is 2.16. The molecule has 6 heteroatoms. The predicted octanol–water partition coefficient (Wildman–Crippen LogP) is 2.99. The molecule has 0 saturated heterocycles. The zero-order valence-corrected chi connectivity index (χ0v) is 11.4. The molecule has 0 aliphatic rings. The summed E-state index contributed by atoms with van der Waals surface area (Å²) >= 11 is 5.83. The van der Waals surface area contributed by atoms with Crippen molar-refractivity contribution in [1.29, 1.82) is 0 Å². The summed E-state index contributed by atoms with van der Waals surface area (Å²) in [7, 11) is 0. The molecule has 0 aliphatic heterocycles. The van der Waals surface area contributed by atoms with Crippen LogP contribution in [0.5, 0.6) is 0 Å². The molecule has 0 aliphatic carbocycles. The zero-order valence-electron chi connectivity index (χ0n) is 10.6. The van der Waals surface area contributed by atoms with Crippen LogP contribution in [-0.4, -0.2) is 22.7 Å². The average molecular weight is 273 g/mol. The first-order valence-corrected chi connectivity index (χ1v) is 6.07. The quantitative estimate of drug-likeness (QED) is 0.638. The second kappa shape index (κ2) is 6.02. The molecule has 0 amide bonds. The topological polar surface area (TPSA) is 75.4 Å². The number of benzene rings is 1. The molecule has 2 N–H and O–H groups in total. The van der Waals surface area contributed by atoms with Gasteiger partial charge in [0.1, 0.15) is 5.02 Å². The number of aryl methyl sites for hydroxylation is 1. The minimum atomic E-state index is -0.512. The van der Waals surface area contributed by atoms with E-state index < -0.39 is 11.0 Å². The van der Waals surface area contributed by atoms with Crippen molar-refractivity contribution in [2.24, 2.45) is 5.92 Å². The highest BCUT2D eigenvalue weighted by molar-refractivity contribution is 6.33. The largest absolute Gasteiger partial charge is 0.391 e. The molecule has 1 rings (SSSR count). The van der Waals surface area contributed by atoms with Crippen LogP contribution < -0.4 is 5.32 Å². The third-order valence-electron chi connectivity index (χ3n) is 2.76. The lowest BCUT2D eigenvalue weighted by Crippen LogP contribution is -2.25. The highest BCUT2D eigenvalue weighted by Crippen LogP contribution is 2.30. The van der Waals surface area contributed by atoms with Crippen molar-refractivity contribution in [3.63, 3.8) is 0 Å². The SMILES string of the molecule is Cc1cc([N+](=O)[O-])c(Cl)cc1NCC(O)C(C)C. The molecule has 0 heterocycles. The normalized spacial score (nSPS) is 12.6. The van der Waals surface area contributed by atoms with Gasteiger partial charge in [-0.05, 0) is 24.5 Å². The molecule has 5 nitrogen and oxygen atoms in total. The standard InChI is InChI=1S/C12H17ClN2O3/c1-7(2)12(16)6-14-10-5-9(13)11(15(17)18)4-8(10)3/h4-5,7,12,14,16H,6H2,1-3H3. The van der Waals surface area contributed by atoms with Gasteiger partial charge in [-0.2, -0.15) is 0 Å². The number of nitrogens with one attached hydrogen (secondary N) is 1. The van der Waals surface area contributed by atoms with Gasteiger partial charge in [0.2, 0.25) is 0 Å². The maximum Gasteiger partial charge on any atom is 0.288 e. The molecule has 1 unspecified atom stereocenters. The second-order valence-electron chi connectivity index (χ2n) is 4.57. The first-order valence-electron chi connectivity index (χ1n) is 5.69. The number of aliphatic hydroxyl groups excluding tert-OH is 1. The molecule has 100 valence electrons. The monoisotopic (exact) mass is 272 g/mol. The Morgan fingerprint density at radius 2 is 2.11 bits per heavy atom. The van der Waals surface area contributed by atoms with Crippen molar-refractivity contribution in [3.05, 3.63) is 32.8 Å². The van der Waals surface area contributed by atoms with E-state index >= 15 is 0 Å². The fourth-order valence-corrected chi connectivity index (χ4v) is 1.68. The minimum absolute atomic E-state index is 0.0899. The summed E-state index contributed by atoms with van der Waals surface area (Å²) in [6.45, 7) is 5.98. The van der Waals surface area contributed by atoms with Crippen molar-refractivity contribution in [2.75, 3.05) is 11.9 Å². The van der Waals surface area contributed by atoms with Crippen LogP contribution in [0.2, 0.25) is 5.02 Å². The molecule has 0 spiro atoms. The molecule has 0 aromatic heterocycles. The molecule has 0 saturated carbocycles. The maximum atomic E-state index is 10.7. The number of aliphatic hydroxyl groups is 1. The van der Waals surface area contributed by atoms with Gasteiger partial charge < -0.3 is 10.4 Å². The van der Waals surface area contributed by atoms with E-state index in [1.54, 1.807) is 6.92 Å². The molecule has 0 radical (unpaired) electrons. The molecule has 0 bridgehead atoms. The Kier molecular flexibility index (Phi) is 4.93. The lowest BCUT2D eigenvalue weighted by atomic mass is 10.1. The first-order chi connectivity index (χ1) is 8.32. The van der Waals surface area contributed by atoms with Gasteiger partial charge in [0.15, 0.2) is 0 Å².